The Morgan fingerprint density at radius 2 is 2.05 bits per heavy atom. The van der Waals surface area contributed by atoms with Gasteiger partial charge in [0.25, 0.3) is 0 Å². The Kier molecular flexibility index (Phi) is 5.04. The van der Waals surface area contributed by atoms with Crippen molar-refractivity contribution in [2.75, 3.05) is 6.54 Å². The first-order valence-corrected chi connectivity index (χ1v) is 6.85. The SMILES string of the molecule is CCCNC(Cc1ccccn1)c1ccc(C)nc1. The van der Waals surface area contributed by atoms with E-state index < -0.39 is 0 Å². The van der Waals surface area contributed by atoms with E-state index in [1.807, 2.05) is 31.5 Å². The van der Waals surface area contributed by atoms with E-state index in [4.69, 9.17) is 0 Å². The number of nitrogens with zero attached hydrogens (tertiary/aromatic N) is 2. The average molecular weight is 255 g/mol. The van der Waals surface area contributed by atoms with Crippen LogP contribution in [0.3, 0.4) is 0 Å². The summed E-state index contributed by atoms with van der Waals surface area (Å²) in [5.74, 6) is 0. The summed E-state index contributed by atoms with van der Waals surface area (Å²) in [6.07, 6.45) is 5.83. The highest BCUT2D eigenvalue weighted by molar-refractivity contribution is 5.19. The van der Waals surface area contributed by atoms with Gasteiger partial charge in [-0.15, -0.1) is 0 Å². The molecule has 0 bridgehead atoms. The van der Waals surface area contributed by atoms with Gasteiger partial charge in [-0.3, -0.25) is 9.97 Å². The molecule has 19 heavy (non-hydrogen) atoms. The van der Waals surface area contributed by atoms with E-state index in [2.05, 4.69) is 40.4 Å². The molecule has 0 aromatic carbocycles. The van der Waals surface area contributed by atoms with Gasteiger partial charge in [-0.05, 0) is 43.7 Å². The lowest BCUT2D eigenvalue weighted by Crippen LogP contribution is -2.24. The van der Waals surface area contributed by atoms with Crippen LogP contribution in [0.15, 0.2) is 42.7 Å². The maximum Gasteiger partial charge on any atom is 0.0422 e. The molecule has 0 aliphatic rings. The highest BCUT2D eigenvalue weighted by Crippen LogP contribution is 2.17. The number of aryl methyl sites for hydroxylation is 1. The van der Waals surface area contributed by atoms with Crippen molar-refractivity contribution in [1.82, 2.24) is 15.3 Å². The molecule has 0 amide bonds. The van der Waals surface area contributed by atoms with E-state index in [0.29, 0.717) is 0 Å². The molecule has 100 valence electrons. The van der Waals surface area contributed by atoms with Crippen molar-refractivity contribution in [2.24, 2.45) is 0 Å². The normalized spacial score (nSPS) is 12.3. The van der Waals surface area contributed by atoms with Crippen molar-refractivity contribution in [1.29, 1.82) is 0 Å². The highest BCUT2D eigenvalue weighted by Gasteiger charge is 2.12. The third-order valence-corrected chi connectivity index (χ3v) is 3.12. The van der Waals surface area contributed by atoms with E-state index in [0.717, 1.165) is 30.8 Å². The molecule has 2 heterocycles. The second-order valence-corrected chi connectivity index (χ2v) is 4.76. The Hall–Kier alpha value is -1.74. The van der Waals surface area contributed by atoms with Gasteiger partial charge in [-0.1, -0.05) is 19.1 Å². The predicted octanol–water partition coefficient (Wildman–Crippen LogP) is 3.07. The highest BCUT2D eigenvalue weighted by atomic mass is 14.9. The third-order valence-electron chi connectivity index (χ3n) is 3.12. The smallest absolute Gasteiger partial charge is 0.0422 e. The van der Waals surface area contributed by atoms with E-state index in [1.165, 1.54) is 5.56 Å². The molecule has 3 nitrogen and oxygen atoms in total. The van der Waals surface area contributed by atoms with Crippen molar-refractivity contribution in [3.63, 3.8) is 0 Å². The molecule has 0 aliphatic carbocycles. The Bertz CT molecular complexity index is 479. The summed E-state index contributed by atoms with van der Waals surface area (Å²) in [5.41, 5.74) is 3.39. The topological polar surface area (TPSA) is 37.8 Å². The van der Waals surface area contributed by atoms with Crippen molar-refractivity contribution >= 4 is 0 Å². The lowest BCUT2D eigenvalue weighted by molar-refractivity contribution is 0.523. The lowest BCUT2D eigenvalue weighted by Gasteiger charge is -2.18. The molecule has 0 fully saturated rings. The van der Waals surface area contributed by atoms with Crippen LogP contribution in [0, 0.1) is 6.92 Å². The summed E-state index contributed by atoms with van der Waals surface area (Å²) in [6.45, 7) is 5.20. The predicted molar refractivity (Wildman–Crippen MR) is 77.9 cm³/mol. The van der Waals surface area contributed by atoms with Crippen molar-refractivity contribution in [3.8, 4) is 0 Å². The molecule has 0 radical (unpaired) electrons. The monoisotopic (exact) mass is 255 g/mol. The minimum atomic E-state index is 0.281. The Morgan fingerprint density at radius 1 is 1.16 bits per heavy atom. The average Bonchev–Trinajstić information content (AvgIpc) is 2.45. The summed E-state index contributed by atoms with van der Waals surface area (Å²) in [6, 6.07) is 10.6. The number of rotatable bonds is 6. The first-order valence-electron chi connectivity index (χ1n) is 6.85. The fourth-order valence-corrected chi connectivity index (χ4v) is 2.04. The second-order valence-electron chi connectivity index (χ2n) is 4.76. The Labute approximate surface area is 115 Å². The zero-order valence-corrected chi connectivity index (χ0v) is 11.6. The Balaban J connectivity index is 2.13. The van der Waals surface area contributed by atoms with Crippen LogP contribution in [-0.2, 0) is 6.42 Å². The molecule has 0 spiro atoms. The van der Waals surface area contributed by atoms with Crippen LogP contribution in [0.5, 0.6) is 0 Å². The molecule has 2 aromatic heterocycles. The summed E-state index contributed by atoms with van der Waals surface area (Å²) < 4.78 is 0. The van der Waals surface area contributed by atoms with E-state index in [1.54, 1.807) is 0 Å². The molecule has 1 unspecified atom stereocenters. The zero-order valence-electron chi connectivity index (χ0n) is 11.6. The molecular weight excluding hydrogens is 234 g/mol. The van der Waals surface area contributed by atoms with Gasteiger partial charge in [-0.25, -0.2) is 0 Å². The van der Waals surface area contributed by atoms with Crippen LogP contribution < -0.4 is 5.32 Å². The number of hydrogen-bond donors (Lipinski definition) is 1. The minimum Gasteiger partial charge on any atom is -0.310 e. The molecule has 1 atom stereocenters. The van der Waals surface area contributed by atoms with E-state index in [-0.39, 0.29) is 6.04 Å². The lowest BCUT2D eigenvalue weighted by atomic mass is 10.0. The largest absolute Gasteiger partial charge is 0.310 e. The maximum absolute atomic E-state index is 4.41. The first-order chi connectivity index (χ1) is 9.29. The van der Waals surface area contributed by atoms with Gasteiger partial charge in [0.05, 0.1) is 0 Å². The first kappa shape index (κ1) is 13.7. The van der Waals surface area contributed by atoms with Crippen LogP contribution in [-0.4, -0.2) is 16.5 Å². The standard InChI is InChI=1S/C16H21N3/c1-3-9-18-16(11-15-6-4-5-10-17-15)14-8-7-13(2)19-12-14/h4-8,10,12,16,18H,3,9,11H2,1-2H3. The van der Waals surface area contributed by atoms with Gasteiger partial charge in [0.15, 0.2) is 0 Å². The van der Waals surface area contributed by atoms with E-state index in [9.17, 15) is 0 Å². The number of aromatic nitrogens is 2. The Morgan fingerprint density at radius 3 is 2.68 bits per heavy atom. The van der Waals surface area contributed by atoms with Gasteiger partial charge >= 0.3 is 0 Å². The maximum atomic E-state index is 4.41. The zero-order chi connectivity index (χ0) is 13.5. The van der Waals surface area contributed by atoms with Gasteiger partial charge in [0.1, 0.15) is 0 Å². The van der Waals surface area contributed by atoms with Crippen molar-refractivity contribution < 1.29 is 0 Å². The van der Waals surface area contributed by atoms with Gasteiger partial charge in [0, 0.05) is 36.2 Å². The molecule has 0 saturated carbocycles. The molecule has 2 aromatic rings. The van der Waals surface area contributed by atoms with Crippen LogP contribution in [0.4, 0.5) is 0 Å². The summed E-state index contributed by atoms with van der Waals surface area (Å²) in [7, 11) is 0. The summed E-state index contributed by atoms with van der Waals surface area (Å²) in [4.78, 5) is 8.80. The van der Waals surface area contributed by atoms with Crippen LogP contribution in [0.1, 0.15) is 36.3 Å². The van der Waals surface area contributed by atoms with Crippen molar-refractivity contribution in [2.45, 2.75) is 32.7 Å². The van der Waals surface area contributed by atoms with Crippen LogP contribution in [0.25, 0.3) is 0 Å². The van der Waals surface area contributed by atoms with Crippen LogP contribution in [0.2, 0.25) is 0 Å². The second kappa shape index (κ2) is 7.00. The fourth-order valence-electron chi connectivity index (χ4n) is 2.04. The molecule has 0 saturated heterocycles. The van der Waals surface area contributed by atoms with Crippen molar-refractivity contribution in [3.05, 3.63) is 59.7 Å². The number of nitrogens with one attached hydrogen (secondary N) is 1. The quantitative estimate of drug-likeness (QED) is 0.862. The molecule has 3 heteroatoms. The molecule has 2 rings (SSSR count). The van der Waals surface area contributed by atoms with E-state index >= 15 is 0 Å². The van der Waals surface area contributed by atoms with Gasteiger partial charge < -0.3 is 5.32 Å². The minimum absolute atomic E-state index is 0.281. The number of hydrogen-bond acceptors (Lipinski definition) is 3. The fraction of sp³-hybridized carbons (Fsp3) is 0.375. The number of pyridine rings is 2. The molecular formula is C16H21N3. The van der Waals surface area contributed by atoms with Crippen LogP contribution >= 0.6 is 0 Å². The van der Waals surface area contributed by atoms with Gasteiger partial charge in [-0.2, -0.15) is 0 Å². The summed E-state index contributed by atoms with van der Waals surface area (Å²) in [5, 5.41) is 3.57. The molecule has 0 aliphatic heterocycles. The van der Waals surface area contributed by atoms with Gasteiger partial charge in [0.2, 0.25) is 0 Å². The summed E-state index contributed by atoms with van der Waals surface area (Å²) >= 11 is 0. The third kappa shape index (κ3) is 4.14. The molecule has 1 N–H and O–H groups in total.